The molecule has 92 valence electrons. The SMILES string of the molecule is CCOC(=O)c1[nH]c2ccc3[nH]cnc3c2c1C. The van der Waals surface area contributed by atoms with E-state index in [1.807, 2.05) is 19.1 Å². The molecular formula is C13H13N3O2. The third-order valence-electron chi connectivity index (χ3n) is 3.08. The normalized spacial score (nSPS) is 11.2. The van der Waals surface area contributed by atoms with Gasteiger partial charge in [0.2, 0.25) is 0 Å². The van der Waals surface area contributed by atoms with Gasteiger partial charge in [0.1, 0.15) is 5.69 Å². The van der Waals surface area contributed by atoms with Crippen molar-refractivity contribution in [3.05, 3.63) is 29.7 Å². The number of benzene rings is 1. The molecule has 0 aliphatic heterocycles. The smallest absolute Gasteiger partial charge is 0.355 e. The zero-order valence-corrected chi connectivity index (χ0v) is 10.2. The number of nitrogens with one attached hydrogen (secondary N) is 2. The minimum Gasteiger partial charge on any atom is -0.461 e. The Labute approximate surface area is 103 Å². The molecule has 0 aliphatic rings. The molecule has 0 fully saturated rings. The average Bonchev–Trinajstić information content (AvgIpc) is 2.93. The highest BCUT2D eigenvalue weighted by Gasteiger charge is 2.17. The van der Waals surface area contributed by atoms with Crippen molar-refractivity contribution in [1.29, 1.82) is 0 Å². The van der Waals surface area contributed by atoms with Crippen LogP contribution in [0.1, 0.15) is 23.0 Å². The van der Waals surface area contributed by atoms with Crippen molar-refractivity contribution in [1.82, 2.24) is 15.0 Å². The van der Waals surface area contributed by atoms with Crippen LogP contribution in [0.3, 0.4) is 0 Å². The molecule has 2 aromatic heterocycles. The van der Waals surface area contributed by atoms with E-state index in [1.54, 1.807) is 13.3 Å². The number of ether oxygens (including phenoxy) is 1. The highest BCUT2D eigenvalue weighted by Crippen LogP contribution is 2.28. The Morgan fingerprint density at radius 2 is 2.17 bits per heavy atom. The van der Waals surface area contributed by atoms with Crippen molar-refractivity contribution < 1.29 is 9.53 Å². The molecule has 2 N–H and O–H groups in total. The molecule has 3 aromatic rings. The summed E-state index contributed by atoms with van der Waals surface area (Å²) in [5, 5.41) is 0.969. The highest BCUT2D eigenvalue weighted by atomic mass is 16.5. The van der Waals surface area contributed by atoms with Crippen molar-refractivity contribution in [2.24, 2.45) is 0 Å². The largest absolute Gasteiger partial charge is 0.461 e. The fourth-order valence-corrected chi connectivity index (χ4v) is 2.25. The number of imidazole rings is 1. The molecule has 0 atom stereocenters. The maximum absolute atomic E-state index is 11.8. The van der Waals surface area contributed by atoms with Crippen LogP contribution < -0.4 is 0 Å². The fraction of sp³-hybridized carbons (Fsp3) is 0.231. The van der Waals surface area contributed by atoms with Crippen molar-refractivity contribution in [2.75, 3.05) is 6.61 Å². The van der Waals surface area contributed by atoms with E-state index >= 15 is 0 Å². The number of hydrogen-bond acceptors (Lipinski definition) is 3. The number of nitrogens with zero attached hydrogens (tertiary/aromatic N) is 1. The summed E-state index contributed by atoms with van der Waals surface area (Å²) >= 11 is 0. The summed E-state index contributed by atoms with van der Waals surface area (Å²) < 4.78 is 5.03. The third-order valence-corrected chi connectivity index (χ3v) is 3.08. The number of carbonyl (C=O) groups is 1. The summed E-state index contributed by atoms with van der Waals surface area (Å²) in [4.78, 5) is 22.3. The molecule has 0 aliphatic carbocycles. The summed E-state index contributed by atoms with van der Waals surface area (Å²) in [5.74, 6) is -0.324. The molecule has 0 saturated heterocycles. The average molecular weight is 243 g/mol. The van der Waals surface area contributed by atoms with Crippen LogP contribution in [0.25, 0.3) is 21.9 Å². The summed E-state index contributed by atoms with van der Waals surface area (Å²) in [7, 11) is 0. The Kier molecular flexibility index (Phi) is 2.33. The van der Waals surface area contributed by atoms with Crippen LogP contribution in [-0.4, -0.2) is 27.5 Å². The molecule has 0 spiro atoms. The number of rotatable bonds is 2. The third kappa shape index (κ3) is 1.40. The molecule has 3 rings (SSSR count). The number of fused-ring (bicyclic) bond motifs is 3. The minimum absolute atomic E-state index is 0.324. The number of esters is 1. The minimum atomic E-state index is -0.324. The van der Waals surface area contributed by atoms with Gasteiger partial charge in [-0.3, -0.25) is 0 Å². The lowest BCUT2D eigenvalue weighted by Gasteiger charge is -1.99. The van der Waals surface area contributed by atoms with Gasteiger partial charge >= 0.3 is 5.97 Å². The first-order valence-electron chi connectivity index (χ1n) is 5.84. The maximum Gasteiger partial charge on any atom is 0.355 e. The van der Waals surface area contributed by atoms with E-state index in [2.05, 4.69) is 15.0 Å². The lowest BCUT2D eigenvalue weighted by molar-refractivity contribution is 0.0520. The van der Waals surface area contributed by atoms with Crippen LogP contribution in [-0.2, 0) is 4.74 Å². The number of carbonyl (C=O) groups excluding carboxylic acids is 1. The van der Waals surface area contributed by atoms with Gasteiger partial charge in [0.15, 0.2) is 0 Å². The molecule has 2 heterocycles. The van der Waals surface area contributed by atoms with Crippen LogP contribution in [0.4, 0.5) is 0 Å². The predicted molar refractivity (Wildman–Crippen MR) is 68.6 cm³/mol. The Morgan fingerprint density at radius 3 is 2.94 bits per heavy atom. The van der Waals surface area contributed by atoms with E-state index in [0.29, 0.717) is 12.3 Å². The standard InChI is InChI=1S/C13H13N3O2/c1-3-18-13(17)11-7(2)10-8(16-11)4-5-9-12(10)15-6-14-9/h4-6,16H,3H2,1-2H3,(H,14,15). The van der Waals surface area contributed by atoms with Gasteiger partial charge in [-0.25, -0.2) is 9.78 Å². The lowest BCUT2D eigenvalue weighted by Crippen LogP contribution is -2.06. The molecule has 0 radical (unpaired) electrons. The molecule has 0 bridgehead atoms. The summed E-state index contributed by atoms with van der Waals surface area (Å²) in [6.45, 7) is 4.06. The number of H-pyrrole nitrogens is 2. The monoisotopic (exact) mass is 243 g/mol. The van der Waals surface area contributed by atoms with Gasteiger partial charge in [0.05, 0.1) is 24.0 Å². The fourth-order valence-electron chi connectivity index (χ4n) is 2.25. The molecule has 18 heavy (non-hydrogen) atoms. The zero-order valence-electron chi connectivity index (χ0n) is 10.2. The summed E-state index contributed by atoms with van der Waals surface area (Å²) in [6.07, 6.45) is 1.65. The van der Waals surface area contributed by atoms with Crippen molar-refractivity contribution in [2.45, 2.75) is 13.8 Å². The van der Waals surface area contributed by atoms with E-state index in [0.717, 1.165) is 27.5 Å². The maximum atomic E-state index is 11.8. The van der Waals surface area contributed by atoms with Gasteiger partial charge in [-0.1, -0.05) is 0 Å². The Morgan fingerprint density at radius 1 is 1.39 bits per heavy atom. The Bertz CT molecular complexity index is 739. The Hall–Kier alpha value is -2.30. The summed E-state index contributed by atoms with van der Waals surface area (Å²) in [5.41, 5.74) is 4.11. The second kappa shape index (κ2) is 3.87. The molecule has 5 nitrogen and oxygen atoms in total. The van der Waals surface area contributed by atoms with Gasteiger partial charge in [0, 0.05) is 10.9 Å². The predicted octanol–water partition coefficient (Wildman–Crippen LogP) is 2.53. The van der Waals surface area contributed by atoms with E-state index in [1.165, 1.54) is 0 Å². The second-order valence-electron chi connectivity index (χ2n) is 4.13. The first-order chi connectivity index (χ1) is 8.72. The first-order valence-corrected chi connectivity index (χ1v) is 5.84. The van der Waals surface area contributed by atoms with E-state index < -0.39 is 0 Å². The van der Waals surface area contributed by atoms with Crippen LogP contribution in [0.2, 0.25) is 0 Å². The van der Waals surface area contributed by atoms with Crippen molar-refractivity contribution >= 4 is 27.9 Å². The molecular weight excluding hydrogens is 230 g/mol. The van der Waals surface area contributed by atoms with Crippen LogP contribution >= 0.6 is 0 Å². The second-order valence-corrected chi connectivity index (χ2v) is 4.13. The topological polar surface area (TPSA) is 70.8 Å². The molecule has 5 heteroatoms. The quantitative estimate of drug-likeness (QED) is 0.679. The van der Waals surface area contributed by atoms with E-state index in [4.69, 9.17) is 4.74 Å². The number of aryl methyl sites for hydroxylation is 1. The van der Waals surface area contributed by atoms with Crippen molar-refractivity contribution in [3.8, 4) is 0 Å². The zero-order chi connectivity index (χ0) is 12.7. The van der Waals surface area contributed by atoms with Gasteiger partial charge in [-0.15, -0.1) is 0 Å². The molecule has 1 aromatic carbocycles. The summed E-state index contributed by atoms with van der Waals surface area (Å²) in [6, 6.07) is 3.88. The van der Waals surface area contributed by atoms with Crippen molar-refractivity contribution in [3.63, 3.8) is 0 Å². The lowest BCUT2D eigenvalue weighted by atomic mass is 10.1. The van der Waals surface area contributed by atoms with Gasteiger partial charge in [0.25, 0.3) is 0 Å². The number of aromatic nitrogens is 3. The first kappa shape index (κ1) is 10.8. The molecule has 0 saturated carbocycles. The number of hydrogen-bond donors (Lipinski definition) is 2. The van der Waals surface area contributed by atoms with Gasteiger partial charge < -0.3 is 14.7 Å². The van der Waals surface area contributed by atoms with Crippen LogP contribution in [0, 0.1) is 6.92 Å². The van der Waals surface area contributed by atoms with E-state index in [9.17, 15) is 4.79 Å². The van der Waals surface area contributed by atoms with Crippen LogP contribution in [0.5, 0.6) is 0 Å². The molecule has 0 unspecified atom stereocenters. The Balaban J connectivity index is 2.30. The van der Waals surface area contributed by atoms with Gasteiger partial charge in [-0.2, -0.15) is 0 Å². The molecule has 0 amide bonds. The van der Waals surface area contributed by atoms with E-state index in [-0.39, 0.29) is 5.97 Å². The highest BCUT2D eigenvalue weighted by molar-refractivity contribution is 6.09. The van der Waals surface area contributed by atoms with Crippen LogP contribution in [0.15, 0.2) is 18.5 Å². The number of aromatic amines is 2. The van der Waals surface area contributed by atoms with Gasteiger partial charge in [-0.05, 0) is 31.5 Å².